The van der Waals surface area contributed by atoms with Gasteiger partial charge in [0.1, 0.15) is 24.3 Å². The Morgan fingerprint density at radius 3 is 1.35 bits per heavy atom. The molecule has 0 aliphatic heterocycles. The molecule has 10 nitrogen and oxygen atoms in total. The fraction of sp³-hybridized carbons (Fsp3) is 0.154. The summed E-state index contributed by atoms with van der Waals surface area (Å²) in [5.41, 5.74) is -0.308. The molecule has 0 atom stereocenters. The Bertz CT molecular complexity index is 926. The highest BCUT2D eigenvalue weighted by Crippen LogP contribution is 2.26. The van der Waals surface area contributed by atoms with Crippen LogP contribution in [0.1, 0.15) is 22.8 Å². The number of hydrogen-bond donors (Lipinski definition) is 0. The standard InChI is InChI=1S/C13H6N10/c1-21-10(5-16)8(3-14)19-12(21)23(7-18)13-20-9(4-15)11(6-17)22(13)2/h1-2H3. The molecule has 10 heteroatoms. The zero-order valence-corrected chi connectivity index (χ0v) is 12.0. The van der Waals surface area contributed by atoms with Crippen molar-refractivity contribution in [2.45, 2.75) is 0 Å². The largest absolute Gasteiger partial charge is 0.303 e. The number of nitriles is 5. The van der Waals surface area contributed by atoms with Gasteiger partial charge in [-0.15, -0.1) is 0 Å². The topological polar surface area (TPSA) is 158 Å². The Kier molecular flexibility index (Phi) is 3.65. The van der Waals surface area contributed by atoms with Crippen LogP contribution in [0, 0.1) is 56.8 Å². The SMILES string of the molecule is Cn1c(N(C#N)c2nc(C#N)c(C#N)n2C)nc(C#N)c1C#N. The molecule has 0 radical (unpaired) electrons. The third-order valence-corrected chi connectivity index (χ3v) is 3.07. The highest BCUT2D eigenvalue weighted by Gasteiger charge is 2.26. The van der Waals surface area contributed by atoms with E-state index in [0.717, 1.165) is 4.90 Å². The number of aromatic nitrogens is 4. The fourth-order valence-electron chi connectivity index (χ4n) is 1.96. The minimum Gasteiger partial charge on any atom is -0.303 e. The van der Waals surface area contributed by atoms with E-state index in [-0.39, 0.29) is 34.7 Å². The molecule has 0 spiro atoms. The van der Waals surface area contributed by atoms with E-state index >= 15 is 0 Å². The van der Waals surface area contributed by atoms with E-state index in [4.69, 9.17) is 21.0 Å². The van der Waals surface area contributed by atoms with Crippen molar-refractivity contribution in [2.24, 2.45) is 14.1 Å². The molecule has 0 saturated carbocycles. The number of anilines is 2. The van der Waals surface area contributed by atoms with Gasteiger partial charge in [0, 0.05) is 14.1 Å². The van der Waals surface area contributed by atoms with Gasteiger partial charge in [-0.2, -0.15) is 41.2 Å². The second kappa shape index (κ2) is 5.58. The van der Waals surface area contributed by atoms with Gasteiger partial charge in [-0.25, -0.2) is 0 Å². The van der Waals surface area contributed by atoms with Crippen LogP contribution in [0.15, 0.2) is 0 Å². The van der Waals surface area contributed by atoms with E-state index in [1.807, 2.05) is 18.3 Å². The first-order valence-electron chi connectivity index (χ1n) is 5.97. The van der Waals surface area contributed by atoms with Crippen LogP contribution >= 0.6 is 0 Å². The normalized spacial score (nSPS) is 9.09. The Balaban J connectivity index is 2.73. The quantitative estimate of drug-likeness (QED) is 0.564. The molecule has 0 fully saturated rings. The molecular weight excluding hydrogens is 296 g/mol. The van der Waals surface area contributed by atoms with Crippen LogP contribution in [0.2, 0.25) is 0 Å². The van der Waals surface area contributed by atoms with Crippen molar-refractivity contribution in [1.29, 1.82) is 26.3 Å². The zero-order valence-electron chi connectivity index (χ0n) is 12.0. The van der Waals surface area contributed by atoms with Gasteiger partial charge in [0.05, 0.1) is 0 Å². The maximum Gasteiger partial charge on any atom is 0.228 e. The number of hydrogen-bond acceptors (Lipinski definition) is 8. The first-order chi connectivity index (χ1) is 11.0. The van der Waals surface area contributed by atoms with Crippen LogP contribution in [0.5, 0.6) is 0 Å². The lowest BCUT2D eigenvalue weighted by Crippen LogP contribution is -2.18. The summed E-state index contributed by atoms with van der Waals surface area (Å²) < 4.78 is 2.52. The molecule has 0 unspecified atom stereocenters. The van der Waals surface area contributed by atoms with Crippen LogP contribution in [0.25, 0.3) is 0 Å². The molecule has 2 rings (SSSR count). The lowest BCUT2D eigenvalue weighted by atomic mass is 10.4. The van der Waals surface area contributed by atoms with Gasteiger partial charge >= 0.3 is 0 Å². The Morgan fingerprint density at radius 2 is 1.13 bits per heavy atom. The smallest absolute Gasteiger partial charge is 0.228 e. The molecule has 108 valence electrons. The van der Waals surface area contributed by atoms with Crippen LogP contribution in [0.4, 0.5) is 11.9 Å². The highest BCUT2D eigenvalue weighted by molar-refractivity contribution is 5.61. The van der Waals surface area contributed by atoms with Crippen molar-refractivity contribution in [2.75, 3.05) is 4.90 Å². The lowest BCUT2D eigenvalue weighted by Gasteiger charge is -2.13. The van der Waals surface area contributed by atoms with E-state index in [0.29, 0.717) is 0 Å². The van der Waals surface area contributed by atoms with E-state index in [1.54, 1.807) is 12.1 Å². The molecular formula is C13H6N10. The van der Waals surface area contributed by atoms with Gasteiger partial charge in [-0.3, -0.25) is 0 Å². The third kappa shape index (κ3) is 2.08. The molecule has 0 bridgehead atoms. The van der Waals surface area contributed by atoms with Crippen LogP contribution < -0.4 is 4.90 Å². The zero-order chi connectivity index (χ0) is 17.1. The highest BCUT2D eigenvalue weighted by atomic mass is 15.4. The van der Waals surface area contributed by atoms with E-state index in [1.165, 1.54) is 23.2 Å². The molecule has 0 amide bonds. The second-order valence-electron chi connectivity index (χ2n) is 4.22. The fourth-order valence-corrected chi connectivity index (χ4v) is 1.96. The Labute approximate surface area is 130 Å². The molecule has 0 N–H and O–H groups in total. The average molecular weight is 302 g/mol. The summed E-state index contributed by atoms with van der Waals surface area (Å²) in [5.74, 6) is -0.0506. The molecule has 0 saturated heterocycles. The first-order valence-corrected chi connectivity index (χ1v) is 5.97. The minimum absolute atomic E-state index is 0.0158. The van der Waals surface area contributed by atoms with Crippen LogP contribution in [0.3, 0.4) is 0 Å². The summed E-state index contributed by atoms with van der Waals surface area (Å²) in [6.07, 6.45) is 1.82. The molecule has 2 aromatic rings. The number of nitrogens with zero attached hydrogens (tertiary/aromatic N) is 10. The molecule has 2 aromatic heterocycles. The van der Waals surface area contributed by atoms with Gasteiger partial charge in [0.25, 0.3) is 0 Å². The minimum atomic E-state index is -0.138. The van der Waals surface area contributed by atoms with Gasteiger partial charge in [0.15, 0.2) is 29.0 Å². The molecule has 2 heterocycles. The van der Waals surface area contributed by atoms with Gasteiger partial charge in [-0.05, 0) is 0 Å². The van der Waals surface area contributed by atoms with Crippen LogP contribution in [-0.2, 0) is 14.1 Å². The molecule has 23 heavy (non-hydrogen) atoms. The van der Waals surface area contributed by atoms with Crippen molar-refractivity contribution in [3.8, 4) is 30.5 Å². The van der Waals surface area contributed by atoms with Crippen molar-refractivity contribution in [3.05, 3.63) is 22.8 Å². The summed E-state index contributed by atoms with van der Waals surface area (Å²) in [6, 6.07) is 7.20. The van der Waals surface area contributed by atoms with Gasteiger partial charge < -0.3 is 9.13 Å². The van der Waals surface area contributed by atoms with Crippen molar-refractivity contribution < 1.29 is 0 Å². The monoisotopic (exact) mass is 302 g/mol. The lowest BCUT2D eigenvalue weighted by molar-refractivity contribution is 0.836. The van der Waals surface area contributed by atoms with E-state index in [2.05, 4.69) is 9.97 Å². The predicted octanol–water partition coefficient (Wildman–Crippen LogP) is 0.259. The average Bonchev–Trinajstić information content (AvgIpc) is 3.05. The van der Waals surface area contributed by atoms with Crippen molar-refractivity contribution in [3.63, 3.8) is 0 Å². The number of imidazole rings is 2. The molecule has 0 aliphatic carbocycles. The summed E-state index contributed by atoms with van der Waals surface area (Å²) in [7, 11) is 2.93. The Hall–Kier alpha value is -4.33. The maximum atomic E-state index is 9.41. The number of rotatable bonds is 2. The summed E-state index contributed by atoms with van der Waals surface area (Å²) in [4.78, 5) is 8.82. The van der Waals surface area contributed by atoms with Crippen LogP contribution in [-0.4, -0.2) is 19.1 Å². The first kappa shape index (κ1) is 15.1. The maximum absolute atomic E-state index is 9.41. The van der Waals surface area contributed by atoms with E-state index in [9.17, 15) is 5.26 Å². The summed E-state index contributed by atoms with van der Waals surface area (Å²) in [5, 5.41) is 45.6. The van der Waals surface area contributed by atoms with Crippen molar-refractivity contribution in [1.82, 2.24) is 19.1 Å². The Morgan fingerprint density at radius 1 is 0.739 bits per heavy atom. The van der Waals surface area contributed by atoms with E-state index < -0.39 is 0 Å². The third-order valence-electron chi connectivity index (χ3n) is 3.07. The van der Waals surface area contributed by atoms with Gasteiger partial charge in [0.2, 0.25) is 11.9 Å². The predicted molar refractivity (Wildman–Crippen MR) is 73.0 cm³/mol. The molecule has 0 aromatic carbocycles. The summed E-state index contributed by atoms with van der Waals surface area (Å²) in [6.45, 7) is 0. The second-order valence-corrected chi connectivity index (χ2v) is 4.22. The summed E-state index contributed by atoms with van der Waals surface area (Å²) >= 11 is 0. The van der Waals surface area contributed by atoms with Crippen molar-refractivity contribution >= 4 is 11.9 Å². The molecule has 0 aliphatic rings. The van der Waals surface area contributed by atoms with Gasteiger partial charge in [-0.1, -0.05) is 0 Å².